The van der Waals surface area contributed by atoms with E-state index < -0.39 is 18.6 Å². The zero-order chi connectivity index (χ0) is 16.2. The van der Waals surface area contributed by atoms with Gasteiger partial charge in [0.2, 0.25) is 0 Å². The molecule has 2 aliphatic heterocycles. The Hall–Kier alpha value is -0.990. The van der Waals surface area contributed by atoms with E-state index in [4.69, 9.17) is 9.47 Å². The van der Waals surface area contributed by atoms with E-state index in [9.17, 15) is 13.6 Å². The molecule has 6 nitrogen and oxygen atoms in total. The fourth-order valence-electron chi connectivity index (χ4n) is 2.85. The second-order valence-electron chi connectivity index (χ2n) is 6.12. The third-order valence-electron chi connectivity index (χ3n) is 3.97. The first-order chi connectivity index (χ1) is 10.3. The van der Waals surface area contributed by atoms with Crippen molar-refractivity contribution in [3.05, 3.63) is 0 Å². The molecule has 8 heteroatoms. The van der Waals surface area contributed by atoms with E-state index in [0.29, 0.717) is 32.5 Å². The highest BCUT2D eigenvalue weighted by molar-refractivity contribution is 5.67. The molecule has 0 aromatic rings. The number of likely N-dealkylation sites (tertiary alicyclic amines) is 1. The standard InChI is InChI=1S/C14H24F2N2O4/c1-13(15,16)10-21-12(19)18-5-3-14(4-6-18)9-17-7-11(22-14)8-20-2/h11,17H,3-10H2,1-2H3. The fourth-order valence-corrected chi connectivity index (χ4v) is 2.85. The van der Waals surface area contributed by atoms with Gasteiger partial charge in [0.25, 0.3) is 5.92 Å². The van der Waals surface area contributed by atoms with Crippen LogP contribution in [-0.4, -0.2) is 75.1 Å². The summed E-state index contributed by atoms with van der Waals surface area (Å²) in [6.07, 6.45) is 0.611. The molecule has 0 aromatic heterocycles. The molecule has 2 aliphatic rings. The molecule has 1 atom stereocenters. The van der Waals surface area contributed by atoms with Crippen molar-refractivity contribution < 1.29 is 27.8 Å². The Balaban J connectivity index is 1.80. The first kappa shape index (κ1) is 17.4. The first-order valence-electron chi connectivity index (χ1n) is 7.51. The maximum atomic E-state index is 12.7. The van der Waals surface area contributed by atoms with E-state index in [2.05, 4.69) is 10.1 Å². The van der Waals surface area contributed by atoms with Gasteiger partial charge in [-0.2, -0.15) is 0 Å². The van der Waals surface area contributed by atoms with Gasteiger partial charge in [-0.1, -0.05) is 0 Å². The monoisotopic (exact) mass is 322 g/mol. The zero-order valence-corrected chi connectivity index (χ0v) is 13.1. The largest absolute Gasteiger partial charge is 0.443 e. The maximum absolute atomic E-state index is 12.7. The van der Waals surface area contributed by atoms with Gasteiger partial charge in [-0.15, -0.1) is 0 Å². The molecule has 0 bridgehead atoms. The summed E-state index contributed by atoms with van der Waals surface area (Å²) in [5.41, 5.74) is -0.313. The Bertz CT molecular complexity index is 380. The van der Waals surface area contributed by atoms with Crippen LogP contribution in [0.3, 0.4) is 0 Å². The Labute approximate surface area is 129 Å². The molecule has 1 amide bonds. The van der Waals surface area contributed by atoms with Gasteiger partial charge < -0.3 is 24.4 Å². The molecule has 1 spiro atoms. The molecular weight excluding hydrogens is 298 g/mol. The Morgan fingerprint density at radius 3 is 2.73 bits per heavy atom. The molecule has 1 N–H and O–H groups in total. The van der Waals surface area contributed by atoms with Crippen LogP contribution < -0.4 is 5.32 Å². The molecule has 2 heterocycles. The third-order valence-corrected chi connectivity index (χ3v) is 3.97. The predicted molar refractivity (Wildman–Crippen MR) is 75.1 cm³/mol. The number of rotatable bonds is 4. The Morgan fingerprint density at radius 2 is 2.14 bits per heavy atom. The number of morpholine rings is 1. The van der Waals surface area contributed by atoms with Crippen molar-refractivity contribution in [2.75, 3.05) is 46.5 Å². The Kier molecular flexibility index (Phi) is 5.57. The normalized spacial score (nSPS) is 25.3. The van der Waals surface area contributed by atoms with Crippen LogP contribution in [0.5, 0.6) is 0 Å². The summed E-state index contributed by atoms with van der Waals surface area (Å²) in [6.45, 7) is 2.71. The topological polar surface area (TPSA) is 60.0 Å². The molecule has 0 aliphatic carbocycles. The number of hydrogen-bond acceptors (Lipinski definition) is 5. The number of piperidine rings is 1. The van der Waals surface area contributed by atoms with Gasteiger partial charge in [0.1, 0.15) is 0 Å². The van der Waals surface area contributed by atoms with Gasteiger partial charge in [0, 0.05) is 40.2 Å². The SMILES string of the molecule is COCC1CNCC2(CCN(C(=O)OCC(C)(F)F)CC2)O1. The van der Waals surface area contributed by atoms with Crippen molar-refractivity contribution in [1.82, 2.24) is 10.2 Å². The van der Waals surface area contributed by atoms with E-state index in [1.165, 1.54) is 4.90 Å². The van der Waals surface area contributed by atoms with E-state index >= 15 is 0 Å². The molecule has 2 rings (SSSR count). The van der Waals surface area contributed by atoms with Crippen LogP contribution in [0.25, 0.3) is 0 Å². The number of nitrogens with zero attached hydrogens (tertiary/aromatic N) is 1. The van der Waals surface area contributed by atoms with Crippen molar-refractivity contribution in [1.29, 1.82) is 0 Å². The number of nitrogens with one attached hydrogen (secondary N) is 1. The van der Waals surface area contributed by atoms with Crippen LogP contribution in [0.1, 0.15) is 19.8 Å². The average molecular weight is 322 g/mol. The number of ether oxygens (including phenoxy) is 3. The lowest BCUT2D eigenvalue weighted by molar-refractivity contribution is -0.154. The highest BCUT2D eigenvalue weighted by Crippen LogP contribution is 2.30. The molecule has 22 heavy (non-hydrogen) atoms. The van der Waals surface area contributed by atoms with Crippen LogP contribution >= 0.6 is 0 Å². The molecule has 0 saturated carbocycles. The molecule has 128 valence electrons. The molecule has 2 fully saturated rings. The summed E-state index contributed by atoms with van der Waals surface area (Å²) >= 11 is 0. The summed E-state index contributed by atoms with van der Waals surface area (Å²) in [4.78, 5) is 13.2. The summed E-state index contributed by atoms with van der Waals surface area (Å²) in [6, 6.07) is 0. The van der Waals surface area contributed by atoms with Crippen molar-refractivity contribution in [3.63, 3.8) is 0 Å². The fraction of sp³-hybridized carbons (Fsp3) is 0.929. The lowest BCUT2D eigenvalue weighted by Crippen LogP contribution is -2.59. The maximum Gasteiger partial charge on any atom is 0.409 e. The van der Waals surface area contributed by atoms with Gasteiger partial charge in [-0.3, -0.25) is 0 Å². The van der Waals surface area contributed by atoms with Gasteiger partial charge >= 0.3 is 6.09 Å². The molecule has 0 radical (unpaired) electrons. The zero-order valence-electron chi connectivity index (χ0n) is 13.1. The lowest BCUT2D eigenvalue weighted by atomic mass is 9.89. The van der Waals surface area contributed by atoms with Crippen LogP contribution in [-0.2, 0) is 14.2 Å². The number of hydrogen-bond donors (Lipinski definition) is 1. The second-order valence-corrected chi connectivity index (χ2v) is 6.12. The number of halogens is 2. The van der Waals surface area contributed by atoms with Crippen molar-refractivity contribution >= 4 is 6.09 Å². The van der Waals surface area contributed by atoms with E-state index in [0.717, 1.165) is 20.0 Å². The summed E-state index contributed by atoms with van der Waals surface area (Å²) < 4.78 is 41.3. The lowest BCUT2D eigenvalue weighted by Gasteiger charge is -2.46. The summed E-state index contributed by atoms with van der Waals surface area (Å²) in [7, 11) is 1.63. The quantitative estimate of drug-likeness (QED) is 0.844. The van der Waals surface area contributed by atoms with Crippen molar-refractivity contribution in [3.8, 4) is 0 Å². The number of alkyl halides is 2. The summed E-state index contributed by atoms with van der Waals surface area (Å²) in [5, 5.41) is 3.33. The Morgan fingerprint density at radius 1 is 1.45 bits per heavy atom. The first-order valence-corrected chi connectivity index (χ1v) is 7.51. The van der Waals surface area contributed by atoms with E-state index in [-0.39, 0.29) is 11.7 Å². The number of amides is 1. The van der Waals surface area contributed by atoms with Gasteiger partial charge in [0.15, 0.2) is 6.61 Å². The average Bonchev–Trinajstić information content (AvgIpc) is 2.45. The predicted octanol–water partition coefficient (Wildman–Crippen LogP) is 1.25. The number of carbonyl (C=O) groups excluding carboxylic acids is 1. The summed E-state index contributed by atoms with van der Waals surface area (Å²) in [5.74, 6) is -3.00. The molecule has 1 unspecified atom stereocenters. The van der Waals surface area contributed by atoms with Crippen molar-refractivity contribution in [2.24, 2.45) is 0 Å². The second kappa shape index (κ2) is 7.06. The minimum atomic E-state index is -3.00. The van der Waals surface area contributed by atoms with Crippen LogP contribution in [0.2, 0.25) is 0 Å². The van der Waals surface area contributed by atoms with Gasteiger partial charge in [0.05, 0.1) is 18.3 Å². The van der Waals surface area contributed by atoms with Crippen LogP contribution in [0.4, 0.5) is 13.6 Å². The molecule has 2 saturated heterocycles. The highest BCUT2D eigenvalue weighted by Gasteiger charge is 2.41. The van der Waals surface area contributed by atoms with Crippen molar-refractivity contribution in [2.45, 2.75) is 37.4 Å². The smallest absolute Gasteiger partial charge is 0.409 e. The third kappa shape index (κ3) is 4.76. The van der Waals surface area contributed by atoms with Gasteiger partial charge in [-0.25, -0.2) is 13.6 Å². The number of methoxy groups -OCH3 is 1. The molecular formula is C14H24F2N2O4. The van der Waals surface area contributed by atoms with Gasteiger partial charge in [-0.05, 0) is 12.8 Å². The van der Waals surface area contributed by atoms with E-state index in [1.807, 2.05) is 0 Å². The minimum Gasteiger partial charge on any atom is -0.443 e. The van der Waals surface area contributed by atoms with Crippen LogP contribution in [0.15, 0.2) is 0 Å². The molecule has 0 aromatic carbocycles. The number of carbonyl (C=O) groups is 1. The minimum absolute atomic E-state index is 0.00367. The van der Waals surface area contributed by atoms with Crippen LogP contribution in [0, 0.1) is 0 Å². The highest BCUT2D eigenvalue weighted by atomic mass is 19.3. The van der Waals surface area contributed by atoms with E-state index in [1.54, 1.807) is 7.11 Å².